The van der Waals surface area contributed by atoms with Crippen molar-refractivity contribution in [2.75, 3.05) is 5.73 Å². The van der Waals surface area contributed by atoms with Crippen LogP contribution in [0.3, 0.4) is 0 Å². The summed E-state index contributed by atoms with van der Waals surface area (Å²) in [4.78, 5) is 32.7. The Kier molecular flexibility index (Phi) is 5.88. The molecule has 3 atom stereocenters. The van der Waals surface area contributed by atoms with Crippen molar-refractivity contribution >= 4 is 35.2 Å². The van der Waals surface area contributed by atoms with Gasteiger partial charge in [-0.25, -0.2) is 9.79 Å². The van der Waals surface area contributed by atoms with Gasteiger partial charge in [0.05, 0.1) is 34.9 Å². The number of carbonyl (C=O) groups excluding carboxylic acids is 2. The lowest BCUT2D eigenvalue weighted by Gasteiger charge is -2.43. The Morgan fingerprint density at radius 3 is 2.59 bits per heavy atom. The van der Waals surface area contributed by atoms with E-state index in [0.29, 0.717) is 29.1 Å². The number of aliphatic imine (C=N–C) groups is 1. The Morgan fingerprint density at radius 1 is 1.31 bits per heavy atom. The van der Waals surface area contributed by atoms with E-state index < -0.39 is 17.2 Å². The first kappa shape index (κ1) is 22.9. The number of amides is 2. The summed E-state index contributed by atoms with van der Waals surface area (Å²) < 4.78 is 11.4. The van der Waals surface area contributed by atoms with Gasteiger partial charge >= 0.3 is 6.09 Å². The van der Waals surface area contributed by atoms with Gasteiger partial charge in [-0.15, -0.1) is 0 Å². The second-order valence-electron chi connectivity index (χ2n) is 10.1. The van der Waals surface area contributed by atoms with E-state index in [1.165, 1.54) is 0 Å². The Balaban J connectivity index is 1.71. The highest BCUT2D eigenvalue weighted by Crippen LogP contribution is 2.42. The van der Waals surface area contributed by atoms with Crippen LogP contribution in [-0.4, -0.2) is 46.7 Å². The van der Waals surface area contributed by atoms with Crippen molar-refractivity contribution in [3.63, 3.8) is 0 Å². The molecule has 3 aliphatic rings. The summed E-state index contributed by atoms with van der Waals surface area (Å²) in [7, 11) is 0. The molecule has 174 valence electrons. The van der Waals surface area contributed by atoms with Crippen LogP contribution in [0.15, 0.2) is 23.2 Å². The number of nitrogen functional groups attached to an aromatic ring is 1. The zero-order valence-electron chi connectivity index (χ0n) is 19.0. The summed E-state index contributed by atoms with van der Waals surface area (Å²) in [6.07, 6.45) is 3.13. The zero-order valence-corrected chi connectivity index (χ0v) is 19.7. The SMILES string of the molecule is CC(C)(C)OC(=O)NC1=N[C@](C)(c2cccc(N)c2Cl)CC(=O)N1C1CC2CCC(C1)O2. The molecule has 2 fully saturated rings. The van der Waals surface area contributed by atoms with E-state index in [2.05, 4.69) is 5.32 Å². The Bertz CT molecular complexity index is 948. The van der Waals surface area contributed by atoms with Gasteiger partial charge in [-0.05, 0) is 59.4 Å². The Morgan fingerprint density at radius 2 is 1.97 bits per heavy atom. The second kappa shape index (κ2) is 8.23. The Labute approximate surface area is 193 Å². The smallest absolute Gasteiger partial charge is 0.414 e. The quantitative estimate of drug-likeness (QED) is 0.647. The molecule has 3 aliphatic heterocycles. The van der Waals surface area contributed by atoms with Crippen molar-refractivity contribution in [2.24, 2.45) is 4.99 Å². The van der Waals surface area contributed by atoms with E-state index in [1.54, 1.807) is 37.8 Å². The highest BCUT2D eigenvalue weighted by molar-refractivity contribution is 6.34. The molecule has 1 aromatic rings. The number of rotatable bonds is 2. The van der Waals surface area contributed by atoms with Crippen molar-refractivity contribution in [1.29, 1.82) is 0 Å². The van der Waals surface area contributed by atoms with Crippen LogP contribution < -0.4 is 11.1 Å². The van der Waals surface area contributed by atoms with Crippen LogP contribution in [0, 0.1) is 0 Å². The molecule has 2 unspecified atom stereocenters. The lowest BCUT2D eigenvalue weighted by atomic mass is 9.86. The van der Waals surface area contributed by atoms with Crippen molar-refractivity contribution in [3.8, 4) is 0 Å². The molecule has 32 heavy (non-hydrogen) atoms. The van der Waals surface area contributed by atoms with Crippen LogP contribution in [0.2, 0.25) is 5.02 Å². The van der Waals surface area contributed by atoms with E-state index in [1.807, 2.05) is 13.0 Å². The average Bonchev–Trinajstić information content (AvgIpc) is 2.99. The minimum atomic E-state index is -0.978. The number of fused-ring (bicyclic) bond motifs is 2. The predicted molar refractivity (Wildman–Crippen MR) is 122 cm³/mol. The molecule has 3 N–H and O–H groups in total. The topological polar surface area (TPSA) is 106 Å². The summed E-state index contributed by atoms with van der Waals surface area (Å²) in [5.41, 5.74) is 5.40. The van der Waals surface area contributed by atoms with Gasteiger partial charge in [-0.2, -0.15) is 0 Å². The number of guanidine groups is 1. The summed E-state index contributed by atoms with van der Waals surface area (Å²) in [6, 6.07) is 5.20. The highest BCUT2D eigenvalue weighted by Gasteiger charge is 2.46. The molecule has 2 amide bonds. The maximum Gasteiger partial charge on any atom is 0.414 e. The van der Waals surface area contributed by atoms with E-state index in [-0.39, 0.29) is 36.5 Å². The van der Waals surface area contributed by atoms with Crippen molar-refractivity contribution in [3.05, 3.63) is 28.8 Å². The predicted octanol–water partition coefficient (Wildman–Crippen LogP) is 3.96. The van der Waals surface area contributed by atoms with Crippen LogP contribution in [-0.2, 0) is 19.8 Å². The minimum absolute atomic E-state index is 0.0942. The molecule has 2 saturated heterocycles. The summed E-state index contributed by atoms with van der Waals surface area (Å²) in [5, 5.41) is 3.10. The fourth-order valence-electron chi connectivity index (χ4n) is 4.85. The third-order valence-electron chi connectivity index (χ3n) is 6.20. The number of anilines is 1. The molecule has 0 spiro atoms. The number of carbonyl (C=O) groups is 2. The van der Waals surface area contributed by atoms with Crippen LogP contribution in [0.4, 0.5) is 10.5 Å². The maximum absolute atomic E-state index is 13.5. The van der Waals surface area contributed by atoms with Crippen molar-refractivity contribution < 1.29 is 19.1 Å². The Hall–Kier alpha value is -2.32. The van der Waals surface area contributed by atoms with Gasteiger partial charge in [0, 0.05) is 11.6 Å². The molecule has 9 heteroatoms. The monoisotopic (exact) mass is 462 g/mol. The third-order valence-corrected chi connectivity index (χ3v) is 6.62. The first-order valence-electron chi connectivity index (χ1n) is 11.1. The normalized spacial score (nSPS) is 30.2. The summed E-state index contributed by atoms with van der Waals surface area (Å²) in [5.74, 6) is 0.0566. The zero-order chi connectivity index (χ0) is 23.3. The number of hydrogen-bond acceptors (Lipinski definition) is 6. The van der Waals surface area contributed by atoms with E-state index in [0.717, 1.165) is 12.8 Å². The molecule has 8 nitrogen and oxygen atoms in total. The van der Waals surface area contributed by atoms with Gasteiger partial charge in [0.1, 0.15) is 5.60 Å². The van der Waals surface area contributed by atoms with Gasteiger partial charge in [-0.3, -0.25) is 15.0 Å². The first-order valence-corrected chi connectivity index (χ1v) is 11.4. The van der Waals surface area contributed by atoms with E-state index >= 15 is 0 Å². The summed E-state index contributed by atoms with van der Waals surface area (Å²) in [6.45, 7) is 7.17. The minimum Gasteiger partial charge on any atom is -0.444 e. The molecule has 1 aromatic carbocycles. The van der Waals surface area contributed by atoms with Crippen molar-refractivity contribution in [1.82, 2.24) is 10.2 Å². The molecule has 0 radical (unpaired) electrons. The van der Waals surface area contributed by atoms with Crippen LogP contribution in [0.5, 0.6) is 0 Å². The average molecular weight is 463 g/mol. The van der Waals surface area contributed by atoms with Gasteiger partial charge in [0.15, 0.2) is 0 Å². The van der Waals surface area contributed by atoms with Gasteiger partial charge in [0.2, 0.25) is 11.9 Å². The van der Waals surface area contributed by atoms with Crippen LogP contribution >= 0.6 is 11.6 Å². The second-order valence-corrected chi connectivity index (χ2v) is 10.4. The van der Waals surface area contributed by atoms with Crippen molar-refractivity contribution in [2.45, 2.75) is 89.2 Å². The largest absolute Gasteiger partial charge is 0.444 e. The van der Waals surface area contributed by atoms with E-state index in [9.17, 15) is 9.59 Å². The number of nitrogens with one attached hydrogen (secondary N) is 1. The van der Waals surface area contributed by atoms with Crippen LogP contribution in [0.25, 0.3) is 0 Å². The number of nitrogens with two attached hydrogens (primary N) is 1. The lowest BCUT2D eigenvalue weighted by Crippen LogP contribution is -2.58. The highest BCUT2D eigenvalue weighted by atomic mass is 35.5. The van der Waals surface area contributed by atoms with Gasteiger partial charge < -0.3 is 15.2 Å². The van der Waals surface area contributed by atoms with Crippen LogP contribution in [0.1, 0.15) is 65.4 Å². The lowest BCUT2D eigenvalue weighted by molar-refractivity contribution is -0.134. The molecule has 0 aromatic heterocycles. The molecule has 0 saturated carbocycles. The standard InChI is InChI=1S/C23H31ClN4O4/c1-22(2,3)32-21(30)26-20-27-23(4,16-6-5-7-17(25)19(16)24)12-18(29)28(20)13-10-14-8-9-15(11-13)31-14/h5-7,13-15H,8-12,25H2,1-4H3,(H,26,27,30)/t13?,14?,15?,23-/m0/s1. The fraction of sp³-hybridized carbons (Fsp3) is 0.609. The molecule has 2 bridgehead atoms. The fourth-order valence-corrected chi connectivity index (χ4v) is 5.18. The van der Waals surface area contributed by atoms with E-state index in [4.69, 9.17) is 31.8 Å². The van der Waals surface area contributed by atoms with Gasteiger partial charge in [-0.1, -0.05) is 23.7 Å². The number of halogens is 1. The molecular formula is C23H31ClN4O4. The third kappa shape index (κ3) is 4.57. The maximum atomic E-state index is 13.5. The van der Waals surface area contributed by atoms with Gasteiger partial charge in [0.25, 0.3) is 0 Å². The molecule has 4 rings (SSSR count). The molecular weight excluding hydrogens is 432 g/mol. The number of nitrogens with zero attached hydrogens (tertiary/aromatic N) is 2. The summed E-state index contributed by atoms with van der Waals surface area (Å²) >= 11 is 6.49. The first-order chi connectivity index (χ1) is 14.9. The number of benzene rings is 1. The molecule has 0 aliphatic carbocycles. The number of hydrogen-bond donors (Lipinski definition) is 2. The molecule has 3 heterocycles. The number of ether oxygens (including phenoxy) is 2. The number of alkyl carbamates (subject to hydrolysis) is 1.